The van der Waals surface area contributed by atoms with Crippen LogP contribution in [0.2, 0.25) is 5.02 Å². The minimum absolute atomic E-state index is 0.0811. The van der Waals surface area contributed by atoms with Crippen LogP contribution >= 0.6 is 22.9 Å². The minimum atomic E-state index is -0.459. The number of ether oxygens (including phenoxy) is 1. The van der Waals surface area contributed by atoms with Gasteiger partial charge in [-0.3, -0.25) is 0 Å². The number of halogens is 2. The third-order valence-corrected chi connectivity index (χ3v) is 3.39. The second-order valence-electron chi connectivity index (χ2n) is 3.50. The Bertz CT molecular complexity index is 512. The van der Waals surface area contributed by atoms with Crippen molar-refractivity contribution in [3.8, 4) is 5.75 Å². The van der Waals surface area contributed by atoms with Crippen LogP contribution in [0.3, 0.4) is 0 Å². The van der Waals surface area contributed by atoms with Gasteiger partial charge in [-0.2, -0.15) is 0 Å². The molecule has 0 unspecified atom stereocenters. The van der Waals surface area contributed by atoms with Gasteiger partial charge < -0.3 is 10.1 Å². The fourth-order valence-corrected chi connectivity index (χ4v) is 2.38. The molecule has 2 aromatic rings. The van der Waals surface area contributed by atoms with E-state index in [9.17, 15) is 4.39 Å². The number of hydrogen-bond acceptors (Lipinski definition) is 4. The Morgan fingerprint density at radius 1 is 1.50 bits per heavy atom. The Kier molecular flexibility index (Phi) is 4.38. The first-order chi connectivity index (χ1) is 8.70. The lowest BCUT2D eigenvalue weighted by Gasteiger charge is -2.07. The zero-order chi connectivity index (χ0) is 13.0. The van der Waals surface area contributed by atoms with Gasteiger partial charge in [0.05, 0.1) is 9.90 Å². The van der Waals surface area contributed by atoms with Gasteiger partial charge in [0.1, 0.15) is 6.61 Å². The van der Waals surface area contributed by atoms with E-state index in [0.717, 1.165) is 16.6 Å². The summed E-state index contributed by atoms with van der Waals surface area (Å²) in [6.07, 6.45) is 1.71. The molecule has 0 saturated heterocycles. The smallest absolute Gasteiger partial charge is 0.182 e. The summed E-state index contributed by atoms with van der Waals surface area (Å²) in [4.78, 5) is 5.07. The standard InChI is InChI=1S/C12H12ClFN2OS/c1-2-15-12-16-6-8(18-12)7-17-11-9(13)4-3-5-10(11)14/h3-6H,2,7H2,1H3,(H,15,16). The van der Waals surface area contributed by atoms with Crippen LogP contribution in [0.4, 0.5) is 9.52 Å². The monoisotopic (exact) mass is 286 g/mol. The number of para-hydroxylation sites is 1. The highest BCUT2D eigenvalue weighted by molar-refractivity contribution is 7.15. The highest BCUT2D eigenvalue weighted by Crippen LogP contribution is 2.29. The van der Waals surface area contributed by atoms with Crippen LogP contribution in [0, 0.1) is 5.82 Å². The lowest BCUT2D eigenvalue weighted by atomic mass is 10.3. The molecule has 3 nitrogen and oxygen atoms in total. The number of thiazole rings is 1. The third kappa shape index (κ3) is 3.11. The molecule has 6 heteroatoms. The summed E-state index contributed by atoms with van der Waals surface area (Å²) in [6, 6.07) is 4.45. The van der Waals surface area contributed by atoms with Gasteiger partial charge in [-0.25, -0.2) is 9.37 Å². The van der Waals surface area contributed by atoms with E-state index in [-0.39, 0.29) is 17.4 Å². The predicted octanol–water partition coefficient (Wildman–Crippen LogP) is 3.95. The van der Waals surface area contributed by atoms with Crippen molar-refractivity contribution >= 4 is 28.1 Å². The van der Waals surface area contributed by atoms with E-state index in [4.69, 9.17) is 16.3 Å². The summed E-state index contributed by atoms with van der Waals surface area (Å²) >= 11 is 7.34. The number of benzene rings is 1. The number of nitrogens with zero attached hydrogens (tertiary/aromatic N) is 1. The van der Waals surface area contributed by atoms with Crippen LogP contribution in [0.1, 0.15) is 11.8 Å². The topological polar surface area (TPSA) is 34.2 Å². The molecule has 0 amide bonds. The van der Waals surface area contributed by atoms with Gasteiger partial charge in [0.25, 0.3) is 0 Å². The van der Waals surface area contributed by atoms with E-state index in [1.54, 1.807) is 18.3 Å². The number of anilines is 1. The van der Waals surface area contributed by atoms with Gasteiger partial charge in [0.2, 0.25) is 0 Å². The Morgan fingerprint density at radius 3 is 3.06 bits per heavy atom. The zero-order valence-electron chi connectivity index (χ0n) is 9.74. The van der Waals surface area contributed by atoms with Gasteiger partial charge >= 0.3 is 0 Å². The molecule has 1 aromatic carbocycles. The highest BCUT2D eigenvalue weighted by Gasteiger charge is 2.09. The molecular formula is C12H12ClFN2OS. The first-order valence-corrected chi connectivity index (χ1v) is 6.65. The van der Waals surface area contributed by atoms with Crippen molar-refractivity contribution in [1.29, 1.82) is 0 Å². The largest absolute Gasteiger partial charge is 0.483 e. The molecule has 1 heterocycles. The molecule has 1 aromatic heterocycles. The average molecular weight is 287 g/mol. The molecule has 2 rings (SSSR count). The van der Waals surface area contributed by atoms with E-state index >= 15 is 0 Å². The van der Waals surface area contributed by atoms with E-state index < -0.39 is 5.82 Å². The molecule has 0 fully saturated rings. The molecule has 0 saturated carbocycles. The van der Waals surface area contributed by atoms with Crippen LogP contribution < -0.4 is 10.1 Å². The SMILES string of the molecule is CCNc1ncc(COc2c(F)cccc2Cl)s1. The molecule has 1 N–H and O–H groups in total. The summed E-state index contributed by atoms with van der Waals surface area (Å²) < 4.78 is 18.8. The van der Waals surface area contributed by atoms with E-state index in [0.29, 0.717) is 0 Å². The number of aromatic nitrogens is 1. The maximum atomic E-state index is 13.4. The summed E-state index contributed by atoms with van der Waals surface area (Å²) in [6.45, 7) is 3.06. The molecular weight excluding hydrogens is 275 g/mol. The van der Waals surface area contributed by atoms with E-state index in [1.165, 1.54) is 17.4 Å². The van der Waals surface area contributed by atoms with Gasteiger partial charge in [0.15, 0.2) is 16.7 Å². The maximum absolute atomic E-state index is 13.4. The summed E-state index contributed by atoms with van der Waals surface area (Å²) in [5.41, 5.74) is 0. The fraction of sp³-hybridized carbons (Fsp3) is 0.250. The minimum Gasteiger partial charge on any atom is -0.483 e. The van der Waals surface area contributed by atoms with E-state index in [1.807, 2.05) is 6.92 Å². The molecule has 0 spiro atoms. The number of hydrogen-bond donors (Lipinski definition) is 1. The molecule has 0 aliphatic heterocycles. The quantitative estimate of drug-likeness (QED) is 0.904. The Labute approximate surface area is 114 Å². The van der Waals surface area contributed by atoms with Gasteiger partial charge in [-0.1, -0.05) is 29.0 Å². The van der Waals surface area contributed by atoms with E-state index in [2.05, 4.69) is 10.3 Å². The molecule has 0 atom stereocenters. The molecule has 0 bridgehead atoms. The summed E-state index contributed by atoms with van der Waals surface area (Å²) in [5.74, 6) is -0.378. The molecule has 96 valence electrons. The molecule has 0 aliphatic carbocycles. The van der Waals surface area contributed by atoms with Gasteiger partial charge in [-0.15, -0.1) is 0 Å². The summed E-state index contributed by atoms with van der Waals surface area (Å²) in [7, 11) is 0. The molecule has 0 aliphatic rings. The number of rotatable bonds is 5. The normalized spacial score (nSPS) is 10.4. The van der Waals surface area contributed by atoms with Crippen molar-refractivity contribution in [1.82, 2.24) is 4.98 Å². The second kappa shape index (κ2) is 6.02. The molecule has 0 radical (unpaired) electrons. The second-order valence-corrected chi connectivity index (χ2v) is 5.02. The maximum Gasteiger partial charge on any atom is 0.182 e. The van der Waals surface area contributed by atoms with Crippen LogP contribution in [0.5, 0.6) is 5.75 Å². The first-order valence-electron chi connectivity index (χ1n) is 5.46. The third-order valence-electron chi connectivity index (χ3n) is 2.16. The first kappa shape index (κ1) is 13.1. The van der Waals surface area contributed by atoms with Crippen LogP contribution in [0.15, 0.2) is 24.4 Å². The van der Waals surface area contributed by atoms with Gasteiger partial charge in [-0.05, 0) is 19.1 Å². The van der Waals surface area contributed by atoms with Crippen LogP contribution in [0.25, 0.3) is 0 Å². The van der Waals surface area contributed by atoms with Crippen molar-refractivity contribution in [3.63, 3.8) is 0 Å². The average Bonchev–Trinajstić information content (AvgIpc) is 2.77. The molecule has 18 heavy (non-hydrogen) atoms. The van der Waals surface area contributed by atoms with Crippen molar-refractivity contribution in [2.75, 3.05) is 11.9 Å². The van der Waals surface area contributed by atoms with Crippen LogP contribution in [-0.4, -0.2) is 11.5 Å². The predicted molar refractivity (Wildman–Crippen MR) is 72.0 cm³/mol. The highest BCUT2D eigenvalue weighted by atomic mass is 35.5. The Morgan fingerprint density at radius 2 is 2.33 bits per heavy atom. The Balaban J connectivity index is 2.02. The lowest BCUT2D eigenvalue weighted by Crippen LogP contribution is -1.96. The lowest BCUT2D eigenvalue weighted by molar-refractivity contribution is 0.293. The Hall–Kier alpha value is -1.33. The van der Waals surface area contributed by atoms with Crippen molar-refractivity contribution in [2.24, 2.45) is 0 Å². The summed E-state index contributed by atoms with van der Waals surface area (Å²) in [5, 5.41) is 4.20. The number of nitrogens with one attached hydrogen (secondary N) is 1. The van der Waals surface area contributed by atoms with Crippen molar-refractivity contribution in [3.05, 3.63) is 40.1 Å². The fourth-order valence-electron chi connectivity index (χ4n) is 1.37. The van der Waals surface area contributed by atoms with Gasteiger partial charge in [0, 0.05) is 12.7 Å². The van der Waals surface area contributed by atoms with Crippen molar-refractivity contribution in [2.45, 2.75) is 13.5 Å². The van der Waals surface area contributed by atoms with Crippen molar-refractivity contribution < 1.29 is 9.13 Å². The zero-order valence-corrected chi connectivity index (χ0v) is 11.3. The van der Waals surface area contributed by atoms with Crippen LogP contribution in [-0.2, 0) is 6.61 Å².